The van der Waals surface area contributed by atoms with Crippen LogP contribution in [0.1, 0.15) is 24.0 Å². The van der Waals surface area contributed by atoms with E-state index in [2.05, 4.69) is 11.4 Å². The predicted octanol–water partition coefficient (Wildman–Crippen LogP) is 1.94. The van der Waals surface area contributed by atoms with Crippen LogP contribution in [0.4, 0.5) is 5.69 Å². The number of carbonyl (C=O) groups excluding carboxylic acids is 1. The highest BCUT2D eigenvalue weighted by atomic mass is 16.3. The Hall–Kier alpha value is -1.39. The Morgan fingerprint density at radius 3 is 2.50 bits per heavy atom. The van der Waals surface area contributed by atoms with E-state index in [9.17, 15) is 9.90 Å². The maximum Gasteiger partial charge on any atom is 0.238 e. The standard InChI is InChI=1S/C16H24N2O2/c1-11-6-12(2)8-14(7-11)17-16(20)10-18(3)9-15(19)13-4-5-13/h6-8,13,15,19H,4-5,9-10H2,1-3H3,(H,17,20). The summed E-state index contributed by atoms with van der Waals surface area (Å²) in [6, 6.07) is 6.00. The van der Waals surface area contributed by atoms with Crippen LogP contribution in [-0.2, 0) is 4.79 Å². The number of nitrogens with zero attached hydrogens (tertiary/aromatic N) is 1. The Morgan fingerprint density at radius 1 is 1.35 bits per heavy atom. The van der Waals surface area contributed by atoms with Gasteiger partial charge in [-0.3, -0.25) is 9.69 Å². The molecule has 0 heterocycles. The quantitative estimate of drug-likeness (QED) is 0.835. The number of aryl methyl sites for hydroxylation is 2. The second-order valence-corrected chi connectivity index (χ2v) is 6.03. The smallest absolute Gasteiger partial charge is 0.238 e. The van der Waals surface area contributed by atoms with Crippen LogP contribution >= 0.6 is 0 Å². The lowest BCUT2D eigenvalue weighted by atomic mass is 10.1. The van der Waals surface area contributed by atoms with Crippen LogP contribution in [0.3, 0.4) is 0 Å². The highest BCUT2D eigenvalue weighted by molar-refractivity contribution is 5.92. The van der Waals surface area contributed by atoms with E-state index < -0.39 is 0 Å². The highest BCUT2D eigenvalue weighted by Crippen LogP contribution is 2.32. The van der Waals surface area contributed by atoms with Crippen molar-refractivity contribution in [3.63, 3.8) is 0 Å². The molecule has 1 amide bonds. The first-order valence-electron chi connectivity index (χ1n) is 7.19. The third-order valence-corrected chi connectivity index (χ3v) is 3.58. The van der Waals surface area contributed by atoms with Crippen LogP contribution < -0.4 is 5.32 Å². The third-order valence-electron chi connectivity index (χ3n) is 3.58. The molecule has 0 aromatic heterocycles. The lowest BCUT2D eigenvalue weighted by Crippen LogP contribution is -2.36. The number of benzene rings is 1. The van der Waals surface area contributed by atoms with E-state index in [4.69, 9.17) is 0 Å². The number of carbonyl (C=O) groups is 1. The molecule has 1 atom stereocenters. The zero-order valence-corrected chi connectivity index (χ0v) is 12.5. The molecule has 1 aliphatic carbocycles. The van der Waals surface area contributed by atoms with Gasteiger partial charge in [0.1, 0.15) is 0 Å². The van der Waals surface area contributed by atoms with Gasteiger partial charge in [-0.2, -0.15) is 0 Å². The van der Waals surface area contributed by atoms with Gasteiger partial charge in [-0.05, 0) is 62.9 Å². The van der Waals surface area contributed by atoms with Crippen molar-refractivity contribution in [2.75, 3.05) is 25.5 Å². The monoisotopic (exact) mass is 276 g/mol. The number of amides is 1. The molecule has 20 heavy (non-hydrogen) atoms. The molecule has 2 rings (SSSR count). The molecule has 110 valence electrons. The highest BCUT2D eigenvalue weighted by Gasteiger charge is 2.30. The summed E-state index contributed by atoms with van der Waals surface area (Å²) < 4.78 is 0. The van der Waals surface area contributed by atoms with Gasteiger partial charge in [0, 0.05) is 12.2 Å². The average molecular weight is 276 g/mol. The van der Waals surface area contributed by atoms with Gasteiger partial charge < -0.3 is 10.4 Å². The van der Waals surface area contributed by atoms with Crippen LogP contribution in [-0.4, -0.2) is 42.2 Å². The molecule has 0 spiro atoms. The van der Waals surface area contributed by atoms with Crippen LogP contribution in [0.25, 0.3) is 0 Å². The Morgan fingerprint density at radius 2 is 1.95 bits per heavy atom. The van der Waals surface area contributed by atoms with Crippen LogP contribution in [0, 0.1) is 19.8 Å². The Labute approximate surface area is 120 Å². The summed E-state index contributed by atoms with van der Waals surface area (Å²) in [5, 5.41) is 12.8. The first-order valence-corrected chi connectivity index (χ1v) is 7.19. The summed E-state index contributed by atoms with van der Waals surface area (Å²) in [6.07, 6.45) is 1.93. The molecule has 2 N–H and O–H groups in total. The van der Waals surface area contributed by atoms with Crippen LogP contribution in [0.5, 0.6) is 0 Å². The van der Waals surface area contributed by atoms with E-state index in [1.807, 2.05) is 37.9 Å². The number of hydrogen-bond donors (Lipinski definition) is 2. The summed E-state index contributed by atoms with van der Waals surface area (Å²) in [4.78, 5) is 13.9. The summed E-state index contributed by atoms with van der Waals surface area (Å²) >= 11 is 0. The molecule has 1 fully saturated rings. The number of rotatable bonds is 6. The first-order chi connectivity index (χ1) is 9.44. The van der Waals surface area contributed by atoms with Crippen molar-refractivity contribution in [2.24, 2.45) is 5.92 Å². The molecular formula is C16H24N2O2. The van der Waals surface area contributed by atoms with E-state index in [1.165, 1.54) is 0 Å². The van der Waals surface area contributed by atoms with Crippen molar-refractivity contribution in [3.8, 4) is 0 Å². The van der Waals surface area contributed by atoms with E-state index in [1.54, 1.807) is 0 Å². The van der Waals surface area contributed by atoms with Gasteiger partial charge >= 0.3 is 0 Å². The van der Waals surface area contributed by atoms with Gasteiger partial charge in [0.25, 0.3) is 0 Å². The molecule has 0 radical (unpaired) electrons. The van der Waals surface area contributed by atoms with Gasteiger partial charge in [0.2, 0.25) is 5.91 Å². The van der Waals surface area contributed by atoms with E-state index in [0.717, 1.165) is 29.7 Å². The van der Waals surface area contributed by atoms with Crippen molar-refractivity contribution >= 4 is 11.6 Å². The normalized spacial score (nSPS) is 16.2. The first kappa shape index (κ1) is 15.0. The fourth-order valence-electron chi connectivity index (χ4n) is 2.51. The van der Waals surface area contributed by atoms with Crippen molar-refractivity contribution in [2.45, 2.75) is 32.8 Å². The minimum absolute atomic E-state index is 0.0412. The summed E-state index contributed by atoms with van der Waals surface area (Å²) in [6.45, 7) is 4.89. The van der Waals surface area contributed by atoms with E-state index in [0.29, 0.717) is 19.0 Å². The largest absolute Gasteiger partial charge is 0.392 e. The Kier molecular flexibility index (Phi) is 4.78. The van der Waals surface area contributed by atoms with E-state index >= 15 is 0 Å². The Balaban J connectivity index is 1.81. The summed E-state index contributed by atoms with van der Waals surface area (Å²) in [5.41, 5.74) is 3.11. The molecule has 1 aromatic rings. The third kappa shape index (κ3) is 4.62. The number of nitrogens with one attached hydrogen (secondary N) is 1. The number of aliphatic hydroxyl groups excluding tert-OH is 1. The second kappa shape index (κ2) is 6.37. The predicted molar refractivity (Wildman–Crippen MR) is 80.8 cm³/mol. The van der Waals surface area contributed by atoms with Crippen molar-refractivity contribution in [1.82, 2.24) is 4.90 Å². The molecule has 4 nitrogen and oxygen atoms in total. The van der Waals surface area contributed by atoms with Crippen molar-refractivity contribution in [3.05, 3.63) is 29.3 Å². The van der Waals surface area contributed by atoms with Crippen molar-refractivity contribution in [1.29, 1.82) is 0 Å². The van der Waals surface area contributed by atoms with Crippen molar-refractivity contribution < 1.29 is 9.90 Å². The minimum Gasteiger partial charge on any atom is -0.392 e. The molecule has 0 saturated heterocycles. The average Bonchev–Trinajstić information content (AvgIpc) is 3.09. The van der Waals surface area contributed by atoms with Crippen LogP contribution in [0.15, 0.2) is 18.2 Å². The lowest BCUT2D eigenvalue weighted by Gasteiger charge is -2.20. The van der Waals surface area contributed by atoms with Gasteiger partial charge in [0.05, 0.1) is 12.6 Å². The molecule has 1 unspecified atom stereocenters. The van der Waals surface area contributed by atoms with Gasteiger partial charge in [-0.15, -0.1) is 0 Å². The number of anilines is 1. The number of aliphatic hydroxyl groups is 1. The van der Waals surface area contributed by atoms with Crippen LogP contribution in [0.2, 0.25) is 0 Å². The fourth-order valence-corrected chi connectivity index (χ4v) is 2.51. The fraction of sp³-hybridized carbons (Fsp3) is 0.562. The number of likely N-dealkylation sites (N-methyl/N-ethyl adjacent to an activating group) is 1. The summed E-state index contributed by atoms with van der Waals surface area (Å²) in [5.74, 6) is 0.403. The zero-order chi connectivity index (χ0) is 14.7. The molecule has 4 heteroatoms. The molecule has 1 aromatic carbocycles. The molecule has 0 aliphatic heterocycles. The van der Waals surface area contributed by atoms with E-state index in [-0.39, 0.29) is 12.0 Å². The topological polar surface area (TPSA) is 52.6 Å². The molecule has 1 saturated carbocycles. The van der Waals surface area contributed by atoms with Gasteiger partial charge in [-0.25, -0.2) is 0 Å². The zero-order valence-electron chi connectivity index (χ0n) is 12.5. The molecular weight excluding hydrogens is 252 g/mol. The maximum atomic E-state index is 12.0. The molecule has 0 bridgehead atoms. The second-order valence-electron chi connectivity index (χ2n) is 6.03. The SMILES string of the molecule is Cc1cc(C)cc(NC(=O)CN(C)CC(O)C2CC2)c1. The lowest BCUT2D eigenvalue weighted by molar-refractivity contribution is -0.117. The summed E-state index contributed by atoms with van der Waals surface area (Å²) in [7, 11) is 1.87. The number of hydrogen-bond acceptors (Lipinski definition) is 3. The minimum atomic E-state index is -0.297. The molecule has 1 aliphatic rings. The Bertz CT molecular complexity index is 463. The van der Waals surface area contributed by atoms with Gasteiger partial charge in [0.15, 0.2) is 0 Å². The maximum absolute atomic E-state index is 12.0. The van der Waals surface area contributed by atoms with Gasteiger partial charge in [-0.1, -0.05) is 6.07 Å².